The monoisotopic (exact) mass is 404 g/mol. The maximum absolute atomic E-state index is 13.1. The average Bonchev–Trinajstić information content (AvgIpc) is 2.77. The number of fused-ring (bicyclic) bond motifs is 1. The van der Waals surface area contributed by atoms with E-state index in [4.69, 9.17) is 9.72 Å². The predicted octanol–water partition coefficient (Wildman–Crippen LogP) is 3.38. The number of carbonyl (C=O) groups is 1. The van der Waals surface area contributed by atoms with Gasteiger partial charge in [0.1, 0.15) is 0 Å². The number of aromatic nitrogens is 2. The van der Waals surface area contributed by atoms with Gasteiger partial charge in [-0.05, 0) is 30.2 Å². The summed E-state index contributed by atoms with van der Waals surface area (Å²) in [4.78, 5) is 24.3. The first kappa shape index (κ1) is 20.4. The zero-order chi connectivity index (χ0) is 20.9. The summed E-state index contributed by atoms with van der Waals surface area (Å²) in [6.45, 7) is 8.50. The van der Waals surface area contributed by atoms with E-state index in [2.05, 4.69) is 29.0 Å². The summed E-state index contributed by atoms with van der Waals surface area (Å²) in [5, 5.41) is 3.93. The predicted molar refractivity (Wildman–Crippen MR) is 118 cm³/mol. The van der Waals surface area contributed by atoms with Crippen LogP contribution in [-0.4, -0.2) is 59.7 Å². The molecule has 1 atom stereocenters. The Hall–Kier alpha value is -2.83. The van der Waals surface area contributed by atoms with Gasteiger partial charge in [-0.25, -0.2) is 4.98 Å². The van der Waals surface area contributed by atoms with Gasteiger partial charge in [-0.2, -0.15) is 0 Å². The number of morpholine rings is 1. The number of hydrogen-bond acceptors (Lipinski definition) is 5. The molecular weight excluding hydrogens is 376 g/mol. The molecular formula is C24H28N4O2. The lowest BCUT2D eigenvalue weighted by atomic mass is 10.0. The molecule has 0 spiro atoms. The molecule has 6 heteroatoms. The molecule has 1 fully saturated rings. The fourth-order valence-electron chi connectivity index (χ4n) is 3.92. The van der Waals surface area contributed by atoms with Crippen LogP contribution in [0.1, 0.15) is 24.2 Å². The molecule has 3 aromatic rings. The zero-order valence-electron chi connectivity index (χ0n) is 17.5. The molecule has 0 saturated carbocycles. The molecule has 1 aliphatic heterocycles. The second kappa shape index (κ2) is 9.32. The SMILES string of the molecule is CC(C)CN1CCOC(CNC(=O)c2cc(-c3ccncc3)nc3ccccc23)C1. The van der Waals surface area contributed by atoms with Gasteiger partial charge in [0.25, 0.3) is 5.91 Å². The number of carbonyl (C=O) groups excluding carboxylic acids is 1. The summed E-state index contributed by atoms with van der Waals surface area (Å²) in [7, 11) is 0. The van der Waals surface area contributed by atoms with Crippen LogP contribution in [0.2, 0.25) is 0 Å². The van der Waals surface area contributed by atoms with Gasteiger partial charge in [0.15, 0.2) is 0 Å². The van der Waals surface area contributed by atoms with E-state index in [-0.39, 0.29) is 12.0 Å². The van der Waals surface area contributed by atoms with Crippen molar-refractivity contribution in [2.75, 3.05) is 32.8 Å². The van der Waals surface area contributed by atoms with Crippen molar-refractivity contribution in [2.45, 2.75) is 20.0 Å². The molecule has 1 amide bonds. The number of nitrogens with one attached hydrogen (secondary N) is 1. The molecule has 6 nitrogen and oxygen atoms in total. The van der Waals surface area contributed by atoms with E-state index >= 15 is 0 Å². The highest BCUT2D eigenvalue weighted by molar-refractivity contribution is 6.07. The summed E-state index contributed by atoms with van der Waals surface area (Å²) in [6.07, 6.45) is 3.47. The summed E-state index contributed by atoms with van der Waals surface area (Å²) >= 11 is 0. The Morgan fingerprint density at radius 3 is 2.83 bits per heavy atom. The molecule has 1 saturated heterocycles. The number of benzene rings is 1. The van der Waals surface area contributed by atoms with E-state index < -0.39 is 0 Å². The maximum atomic E-state index is 13.1. The van der Waals surface area contributed by atoms with Crippen molar-refractivity contribution in [3.05, 3.63) is 60.4 Å². The Morgan fingerprint density at radius 1 is 1.23 bits per heavy atom. The van der Waals surface area contributed by atoms with Crippen molar-refractivity contribution in [2.24, 2.45) is 5.92 Å². The fraction of sp³-hybridized carbons (Fsp3) is 0.375. The largest absolute Gasteiger partial charge is 0.374 e. The average molecular weight is 405 g/mol. The van der Waals surface area contributed by atoms with Crippen molar-refractivity contribution in [3.63, 3.8) is 0 Å². The third kappa shape index (κ3) is 4.83. The van der Waals surface area contributed by atoms with Gasteiger partial charge in [0, 0.05) is 49.5 Å². The molecule has 1 unspecified atom stereocenters. The van der Waals surface area contributed by atoms with Crippen LogP contribution in [0, 0.1) is 5.92 Å². The molecule has 1 N–H and O–H groups in total. The first-order valence-electron chi connectivity index (χ1n) is 10.5. The first-order valence-corrected chi connectivity index (χ1v) is 10.5. The van der Waals surface area contributed by atoms with Gasteiger partial charge in [-0.3, -0.25) is 14.7 Å². The molecule has 0 radical (unpaired) electrons. The number of pyridine rings is 2. The number of amides is 1. The van der Waals surface area contributed by atoms with E-state index in [0.717, 1.165) is 41.8 Å². The van der Waals surface area contributed by atoms with E-state index in [1.54, 1.807) is 12.4 Å². The Balaban J connectivity index is 1.53. The van der Waals surface area contributed by atoms with Crippen LogP contribution >= 0.6 is 0 Å². The van der Waals surface area contributed by atoms with Crippen molar-refractivity contribution < 1.29 is 9.53 Å². The number of para-hydroxylation sites is 1. The molecule has 30 heavy (non-hydrogen) atoms. The Kier molecular flexibility index (Phi) is 6.35. The lowest BCUT2D eigenvalue weighted by molar-refractivity contribution is -0.0295. The van der Waals surface area contributed by atoms with Gasteiger partial charge >= 0.3 is 0 Å². The maximum Gasteiger partial charge on any atom is 0.252 e. The van der Waals surface area contributed by atoms with Crippen molar-refractivity contribution in [1.29, 1.82) is 0 Å². The first-order chi connectivity index (χ1) is 14.6. The van der Waals surface area contributed by atoms with Gasteiger partial charge in [-0.15, -0.1) is 0 Å². The molecule has 156 valence electrons. The summed E-state index contributed by atoms with van der Waals surface area (Å²) in [5.41, 5.74) is 3.12. The second-order valence-corrected chi connectivity index (χ2v) is 8.16. The van der Waals surface area contributed by atoms with Gasteiger partial charge in [0.05, 0.1) is 29.5 Å². The van der Waals surface area contributed by atoms with Crippen LogP contribution in [0.5, 0.6) is 0 Å². The minimum atomic E-state index is -0.103. The molecule has 0 aliphatic carbocycles. The van der Waals surface area contributed by atoms with Crippen LogP contribution in [0.4, 0.5) is 0 Å². The third-order valence-electron chi connectivity index (χ3n) is 5.27. The van der Waals surface area contributed by atoms with Gasteiger partial charge < -0.3 is 10.1 Å². The van der Waals surface area contributed by atoms with Gasteiger partial charge in [0.2, 0.25) is 0 Å². The Labute approximate surface area is 177 Å². The van der Waals surface area contributed by atoms with E-state index in [0.29, 0.717) is 24.6 Å². The van der Waals surface area contributed by atoms with Crippen LogP contribution in [0.15, 0.2) is 54.9 Å². The topological polar surface area (TPSA) is 67.3 Å². The molecule has 2 aromatic heterocycles. The van der Waals surface area contributed by atoms with E-state index in [1.165, 1.54) is 0 Å². The minimum absolute atomic E-state index is 0.00854. The number of ether oxygens (including phenoxy) is 1. The molecule has 3 heterocycles. The molecule has 4 rings (SSSR count). The quantitative estimate of drug-likeness (QED) is 0.682. The molecule has 0 bridgehead atoms. The smallest absolute Gasteiger partial charge is 0.252 e. The van der Waals surface area contributed by atoms with Crippen LogP contribution in [0.25, 0.3) is 22.2 Å². The van der Waals surface area contributed by atoms with Crippen molar-refractivity contribution in [1.82, 2.24) is 20.2 Å². The standard InChI is InChI=1S/C24H28N4O2/c1-17(2)15-28-11-12-30-19(16-28)14-26-24(29)21-13-23(18-7-9-25-10-8-18)27-22-6-4-3-5-20(21)22/h3-10,13,17,19H,11-12,14-16H2,1-2H3,(H,26,29). The summed E-state index contributed by atoms with van der Waals surface area (Å²) in [5.74, 6) is 0.515. The van der Waals surface area contributed by atoms with Crippen LogP contribution in [-0.2, 0) is 4.74 Å². The van der Waals surface area contributed by atoms with Gasteiger partial charge in [-0.1, -0.05) is 32.0 Å². The third-order valence-corrected chi connectivity index (χ3v) is 5.27. The Morgan fingerprint density at radius 2 is 2.03 bits per heavy atom. The highest BCUT2D eigenvalue weighted by Gasteiger charge is 2.22. The van der Waals surface area contributed by atoms with E-state index in [9.17, 15) is 4.79 Å². The summed E-state index contributed by atoms with van der Waals surface area (Å²) in [6, 6.07) is 13.4. The van der Waals surface area contributed by atoms with Crippen molar-refractivity contribution in [3.8, 4) is 11.3 Å². The summed E-state index contributed by atoms with van der Waals surface area (Å²) < 4.78 is 5.88. The lowest BCUT2D eigenvalue weighted by Gasteiger charge is -2.34. The number of nitrogens with zero attached hydrogens (tertiary/aromatic N) is 3. The highest BCUT2D eigenvalue weighted by atomic mass is 16.5. The minimum Gasteiger partial charge on any atom is -0.374 e. The highest BCUT2D eigenvalue weighted by Crippen LogP contribution is 2.24. The molecule has 1 aliphatic rings. The number of rotatable bonds is 6. The second-order valence-electron chi connectivity index (χ2n) is 8.16. The Bertz CT molecular complexity index is 1010. The lowest BCUT2D eigenvalue weighted by Crippen LogP contribution is -2.48. The van der Waals surface area contributed by atoms with Crippen LogP contribution in [0.3, 0.4) is 0 Å². The van der Waals surface area contributed by atoms with Crippen molar-refractivity contribution >= 4 is 16.8 Å². The van der Waals surface area contributed by atoms with E-state index in [1.807, 2.05) is 42.5 Å². The van der Waals surface area contributed by atoms with Crippen LogP contribution < -0.4 is 5.32 Å². The molecule has 1 aromatic carbocycles. The fourth-order valence-corrected chi connectivity index (χ4v) is 3.92. The zero-order valence-corrected chi connectivity index (χ0v) is 17.5. The number of hydrogen-bond donors (Lipinski definition) is 1. The normalized spacial score (nSPS) is 17.4.